The van der Waals surface area contributed by atoms with Gasteiger partial charge in [0.25, 0.3) is 0 Å². The van der Waals surface area contributed by atoms with Crippen LogP contribution in [0.4, 0.5) is 5.69 Å². The number of thiocarbonyl (C=S) groups is 1. The molecule has 2 saturated carbocycles. The first-order valence-corrected chi connectivity index (χ1v) is 7.71. The van der Waals surface area contributed by atoms with Gasteiger partial charge >= 0.3 is 0 Å². The summed E-state index contributed by atoms with van der Waals surface area (Å²) in [4.78, 5) is 11.4. The van der Waals surface area contributed by atoms with Crippen LogP contribution in [0.1, 0.15) is 43.0 Å². The highest BCUT2D eigenvalue weighted by atomic mass is 32.1. The van der Waals surface area contributed by atoms with Gasteiger partial charge in [-0.3, -0.25) is 4.79 Å². The Kier molecular flexibility index (Phi) is 3.74. The summed E-state index contributed by atoms with van der Waals surface area (Å²) in [6.07, 6.45) is 5.34. The van der Waals surface area contributed by atoms with Crippen LogP contribution >= 0.6 is 12.2 Å². The van der Waals surface area contributed by atoms with Gasteiger partial charge in [0, 0.05) is 17.3 Å². The van der Waals surface area contributed by atoms with E-state index in [1.165, 1.54) is 25.7 Å². The van der Waals surface area contributed by atoms with Crippen LogP contribution in [-0.4, -0.2) is 16.9 Å². The lowest BCUT2D eigenvalue weighted by molar-refractivity contribution is 0.101. The molecule has 0 amide bonds. The van der Waals surface area contributed by atoms with Gasteiger partial charge in [-0.1, -0.05) is 18.6 Å². The minimum atomic E-state index is 0.0700. The first-order chi connectivity index (χ1) is 9.61. The highest BCUT2D eigenvalue weighted by Crippen LogP contribution is 2.44. The van der Waals surface area contributed by atoms with Crippen LogP contribution in [0, 0.1) is 11.8 Å². The zero-order chi connectivity index (χ0) is 14.1. The molecule has 0 saturated heterocycles. The van der Waals surface area contributed by atoms with Crippen LogP contribution in [0.2, 0.25) is 0 Å². The molecule has 2 aliphatic carbocycles. The zero-order valence-electron chi connectivity index (χ0n) is 11.7. The molecule has 1 aromatic carbocycles. The summed E-state index contributed by atoms with van der Waals surface area (Å²) in [5.41, 5.74) is 1.58. The third-order valence-corrected chi connectivity index (χ3v) is 4.80. The average Bonchev–Trinajstić information content (AvgIpc) is 3.01. The van der Waals surface area contributed by atoms with Crippen molar-refractivity contribution in [3.63, 3.8) is 0 Å². The van der Waals surface area contributed by atoms with E-state index < -0.39 is 0 Å². The molecule has 0 aromatic heterocycles. The Morgan fingerprint density at radius 2 is 2.15 bits per heavy atom. The standard InChI is InChI=1S/C16H20N2OS/c1-10(19)12-3-2-4-14(9-12)17-16(20)18-15-8-11-5-6-13(15)7-11/h2-4,9,11,13,15H,5-8H2,1H3,(H2,17,18,20). The number of hydrogen-bond acceptors (Lipinski definition) is 2. The van der Waals surface area contributed by atoms with E-state index >= 15 is 0 Å². The van der Waals surface area contributed by atoms with Crippen molar-refractivity contribution in [3.05, 3.63) is 29.8 Å². The number of hydrogen-bond donors (Lipinski definition) is 2. The van der Waals surface area contributed by atoms with Crippen LogP contribution in [0.25, 0.3) is 0 Å². The number of fused-ring (bicyclic) bond motifs is 2. The number of rotatable bonds is 3. The van der Waals surface area contributed by atoms with Gasteiger partial charge in [0.15, 0.2) is 10.9 Å². The third kappa shape index (κ3) is 2.85. The molecular formula is C16H20N2OS. The lowest BCUT2D eigenvalue weighted by Gasteiger charge is -2.24. The first-order valence-electron chi connectivity index (χ1n) is 7.30. The average molecular weight is 288 g/mol. The number of anilines is 1. The fourth-order valence-electron chi connectivity index (χ4n) is 3.57. The minimum absolute atomic E-state index is 0.0700. The number of Topliss-reactive ketones (excluding diaryl/α,β-unsaturated/α-hetero) is 1. The summed E-state index contributed by atoms with van der Waals surface area (Å²) >= 11 is 5.39. The lowest BCUT2D eigenvalue weighted by atomic mass is 9.95. The summed E-state index contributed by atoms with van der Waals surface area (Å²) in [5.74, 6) is 1.77. The van der Waals surface area contributed by atoms with Crippen molar-refractivity contribution in [2.24, 2.45) is 11.8 Å². The first kappa shape index (κ1) is 13.6. The number of carbonyl (C=O) groups excluding carboxylic acids is 1. The van der Waals surface area contributed by atoms with Gasteiger partial charge in [-0.15, -0.1) is 0 Å². The minimum Gasteiger partial charge on any atom is -0.359 e. The van der Waals surface area contributed by atoms with E-state index in [0.717, 1.165) is 17.5 Å². The van der Waals surface area contributed by atoms with E-state index in [1.54, 1.807) is 6.92 Å². The molecule has 1 aromatic rings. The van der Waals surface area contributed by atoms with Crippen LogP contribution in [0.15, 0.2) is 24.3 Å². The highest BCUT2D eigenvalue weighted by molar-refractivity contribution is 7.80. The Hall–Kier alpha value is -1.42. The number of benzene rings is 1. The van der Waals surface area contributed by atoms with E-state index in [0.29, 0.717) is 16.7 Å². The maximum Gasteiger partial charge on any atom is 0.171 e. The summed E-state index contributed by atoms with van der Waals surface area (Å²) in [6, 6.07) is 8.00. The van der Waals surface area contributed by atoms with Gasteiger partial charge in [0.05, 0.1) is 0 Å². The highest BCUT2D eigenvalue weighted by Gasteiger charge is 2.39. The van der Waals surface area contributed by atoms with E-state index in [-0.39, 0.29) is 5.78 Å². The summed E-state index contributed by atoms with van der Waals surface area (Å²) < 4.78 is 0. The molecule has 2 fully saturated rings. The summed E-state index contributed by atoms with van der Waals surface area (Å²) in [6.45, 7) is 1.57. The molecule has 20 heavy (non-hydrogen) atoms. The molecule has 3 nitrogen and oxygen atoms in total. The van der Waals surface area contributed by atoms with Crippen molar-refractivity contribution >= 4 is 28.8 Å². The zero-order valence-corrected chi connectivity index (χ0v) is 12.5. The molecule has 0 spiro atoms. The quantitative estimate of drug-likeness (QED) is 0.661. The van der Waals surface area contributed by atoms with Crippen LogP contribution in [0.5, 0.6) is 0 Å². The largest absolute Gasteiger partial charge is 0.359 e. The molecule has 2 bridgehead atoms. The monoisotopic (exact) mass is 288 g/mol. The SMILES string of the molecule is CC(=O)c1cccc(NC(=S)NC2CC3CCC2C3)c1. The second-order valence-corrected chi connectivity index (χ2v) is 6.43. The molecule has 0 heterocycles. The van der Waals surface area contributed by atoms with Crippen LogP contribution in [0.3, 0.4) is 0 Å². The molecule has 3 rings (SSSR count). The van der Waals surface area contributed by atoms with Crippen molar-refractivity contribution in [2.45, 2.75) is 38.6 Å². The molecule has 106 valence electrons. The second-order valence-electron chi connectivity index (χ2n) is 6.02. The van der Waals surface area contributed by atoms with Gasteiger partial charge < -0.3 is 10.6 Å². The Morgan fingerprint density at radius 1 is 1.30 bits per heavy atom. The van der Waals surface area contributed by atoms with E-state index in [9.17, 15) is 4.79 Å². The Balaban J connectivity index is 1.59. The molecule has 4 heteroatoms. The van der Waals surface area contributed by atoms with Gasteiger partial charge in [-0.05, 0) is 62.4 Å². The third-order valence-electron chi connectivity index (χ3n) is 4.58. The number of ketones is 1. The second kappa shape index (κ2) is 5.52. The number of nitrogens with one attached hydrogen (secondary N) is 2. The lowest BCUT2D eigenvalue weighted by Crippen LogP contribution is -2.40. The predicted molar refractivity (Wildman–Crippen MR) is 85.0 cm³/mol. The molecular weight excluding hydrogens is 268 g/mol. The number of carbonyl (C=O) groups is 1. The molecule has 3 atom stereocenters. The van der Waals surface area contributed by atoms with Gasteiger partial charge in [-0.25, -0.2) is 0 Å². The topological polar surface area (TPSA) is 41.1 Å². The van der Waals surface area contributed by atoms with Crippen molar-refractivity contribution in [3.8, 4) is 0 Å². The van der Waals surface area contributed by atoms with Crippen molar-refractivity contribution in [1.29, 1.82) is 0 Å². The Bertz CT molecular complexity index is 543. The summed E-state index contributed by atoms with van der Waals surface area (Å²) in [7, 11) is 0. The van der Waals surface area contributed by atoms with Gasteiger partial charge in [0.2, 0.25) is 0 Å². The molecule has 0 radical (unpaired) electrons. The normalized spacial score (nSPS) is 27.4. The van der Waals surface area contributed by atoms with Gasteiger partial charge in [0.1, 0.15) is 0 Å². The maximum atomic E-state index is 11.4. The Labute approximate surface area is 125 Å². The van der Waals surface area contributed by atoms with Crippen molar-refractivity contribution in [2.75, 3.05) is 5.32 Å². The smallest absolute Gasteiger partial charge is 0.171 e. The fourth-order valence-corrected chi connectivity index (χ4v) is 3.84. The van der Waals surface area contributed by atoms with E-state index in [2.05, 4.69) is 10.6 Å². The van der Waals surface area contributed by atoms with Crippen molar-refractivity contribution in [1.82, 2.24) is 5.32 Å². The fraction of sp³-hybridized carbons (Fsp3) is 0.500. The molecule has 2 aliphatic rings. The van der Waals surface area contributed by atoms with Crippen molar-refractivity contribution < 1.29 is 4.79 Å². The molecule has 3 unspecified atom stereocenters. The Morgan fingerprint density at radius 3 is 2.80 bits per heavy atom. The molecule has 2 N–H and O–H groups in total. The maximum absolute atomic E-state index is 11.4. The van der Waals surface area contributed by atoms with E-state index in [1.807, 2.05) is 24.3 Å². The van der Waals surface area contributed by atoms with Crippen LogP contribution in [-0.2, 0) is 0 Å². The van der Waals surface area contributed by atoms with Crippen LogP contribution < -0.4 is 10.6 Å². The molecule has 0 aliphatic heterocycles. The van der Waals surface area contributed by atoms with Gasteiger partial charge in [-0.2, -0.15) is 0 Å². The predicted octanol–water partition coefficient (Wildman–Crippen LogP) is 3.36. The van der Waals surface area contributed by atoms with E-state index in [4.69, 9.17) is 12.2 Å². The summed E-state index contributed by atoms with van der Waals surface area (Å²) in [5, 5.41) is 7.30.